The third kappa shape index (κ3) is 3.97. The fourth-order valence-corrected chi connectivity index (χ4v) is 2.45. The molecule has 0 heterocycles. The van der Waals surface area contributed by atoms with Crippen LogP contribution < -0.4 is 0 Å². The van der Waals surface area contributed by atoms with Crippen LogP contribution in [0.4, 0.5) is 0 Å². The molecule has 1 N–H and O–H groups in total. The highest BCUT2D eigenvalue weighted by molar-refractivity contribution is 4.75. The van der Waals surface area contributed by atoms with Crippen molar-refractivity contribution >= 4 is 0 Å². The van der Waals surface area contributed by atoms with Crippen LogP contribution in [-0.4, -0.2) is 36.2 Å². The summed E-state index contributed by atoms with van der Waals surface area (Å²) in [6.45, 7) is 4.44. The van der Waals surface area contributed by atoms with Crippen molar-refractivity contribution in [3.05, 3.63) is 0 Å². The molecule has 84 valence electrons. The minimum Gasteiger partial charge on any atom is -0.393 e. The molecular formula is C12H25NO. The van der Waals surface area contributed by atoms with E-state index in [1.54, 1.807) is 0 Å². The maximum absolute atomic E-state index is 9.94. The summed E-state index contributed by atoms with van der Waals surface area (Å²) < 4.78 is 0. The number of nitrogens with zero attached hydrogens (tertiary/aromatic N) is 1. The third-order valence-electron chi connectivity index (χ3n) is 3.27. The summed E-state index contributed by atoms with van der Waals surface area (Å²) in [6, 6.07) is 0. The molecule has 1 saturated carbocycles. The average molecular weight is 199 g/mol. The van der Waals surface area contributed by atoms with Gasteiger partial charge in [0.05, 0.1) is 6.10 Å². The van der Waals surface area contributed by atoms with Crippen LogP contribution in [0.1, 0.15) is 45.4 Å². The molecule has 0 amide bonds. The van der Waals surface area contributed by atoms with Crippen LogP contribution in [0.5, 0.6) is 0 Å². The lowest BCUT2D eigenvalue weighted by molar-refractivity contribution is 0.0795. The van der Waals surface area contributed by atoms with E-state index in [0.717, 1.165) is 19.5 Å². The molecule has 2 nitrogen and oxygen atoms in total. The topological polar surface area (TPSA) is 23.5 Å². The molecule has 14 heavy (non-hydrogen) atoms. The predicted octanol–water partition coefficient (Wildman–Crippen LogP) is 2.27. The van der Waals surface area contributed by atoms with E-state index in [0.29, 0.717) is 5.92 Å². The van der Waals surface area contributed by atoms with Gasteiger partial charge >= 0.3 is 0 Å². The number of aliphatic hydroxyl groups is 1. The molecule has 1 fully saturated rings. The first kappa shape index (κ1) is 12.0. The molecule has 1 aliphatic carbocycles. The molecule has 2 unspecified atom stereocenters. The van der Waals surface area contributed by atoms with Gasteiger partial charge in [0.2, 0.25) is 0 Å². The van der Waals surface area contributed by atoms with Crippen molar-refractivity contribution in [2.75, 3.05) is 20.1 Å². The van der Waals surface area contributed by atoms with E-state index in [1.807, 2.05) is 0 Å². The van der Waals surface area contributed by atoms with Crippen LogP contribution in [-0.2, 0) is 0 Å². The van der Waals surface area contributed by atoms with Crippen LogP contribution >= 0.6 is 0 Å². The number of hydrogen-bond acceptors (Lipinski definition) is 2. The van der Waals surface area contributed by atoms with E-state index in [1.165, 1.54) is 32.1 Å². The maximum atomic E-state index is 9.94. The third-order valence-corrected chi connectivity index (χ3v) is 3.27. The second-order valence-electron chi connectivity index (χ2n) is 4.73. The molecule has 2 heteroatoms. The van der Waals surface area contributed by atoms with Gasteiger partial charge in [-0.2, -0.15) is 0 Å². The highest BCUT2D eigenvalue weighted by Crippen LogP contribution is 2.23. The normalized spacial score (nSPS) is 29.1. The molecule has 0 radical (unpaired) electrons. The quantitative estimate of drug-likeness (QED) is 0.702. The van der Waals surface area contributed by atoms with Gasteiger partial charge in [-0.3, -0.25) is 0 Å². The molecule has 0 aromatic rings. The van der Waals surface area contributed by atoms with Crippen molar-refractivity contribution in [3.8, 4) is 0 Å². The maximum Gasteiger partial charge on any atom is 0.0580 e. The van der Waals surface area contributed by atoms with E-state index in [-0.39, 0.29) is 6.10 Å². The van der Waals surface area contributed by atoms with Crippen LogP contribution in [0.2, 0.25) is 0 Å². The van der Waals surface area contributed by atoms with Gasteiger partial charge in [0.1, 0.15) is 0 Å². The van der Waals surface area contributed by atoms with Gasteiger partial charge in [0, 0.05) is 6.54 Å². The summed E-state index contributed by atoms with van der Waals surface area (Å²) in [4.78, 5) is 2.36. The lowest BCUT2D eigenvalue weighted by Gasteiger charge is -2.26. The van der Waals surface area contributed by atoms with E-state index in [4.69, 9.17) is 0 Å². The fourth-order valence-electron chi connectivity index (χ4n) is 2.45. The molecule has 1 aliphatic rings. The van der Waals surface area contributed by atoms with Crippen LogP contribution in [0.15, 0.2) is 0 Å². The van der Waals surface area contributed by atoms with Crippen LogP contribution in [0, 0.1) is 5.92 Å². The smallest absolute Gasteiger partial charge is 0.0580 e. The minimum atomic E-state index is -0.0446. The van der Waals surface area contributed by atoms with Gasteiger partial charge in [-0.1, -0.05) is 26.2 Å². The Morgan fingerprint density at radius 3 is 2.64 bits per heavy atom. The summed E-state index contributed by atoms with van der Waals surface area (Å²) in [5, 5.41) is 9.94. The standard InChI is InChI=1S/C12H25NO/c1-3-9-13(2)10-11-7-5-4-6-8-12(11)14/h11-12,14H,3-10H2,1-2H3. The van der Waals surface area contributed by atoms with E-state index in [2.05, 4.69) is 18.9 Å². The first-order chi connectivity index (χ1) is 6.74. The molecular weight excluding hydrogens is 174 g/mol. The Hall–Kier alpha value is -0.0800. The number of hydrogen-bond donors (Lipinski definition) is 1. The Bertz CT molecular complexity index is 149. The average Bonchev–Trinajstić information content (AvgIpc) is 2.33. The van der Waals surface area contributed by atoms with Crippen LogP contribution in [0.3, 0.4) is 0 Å². The monoisotopic (exact) mass is 199 g/mol. The zero-order valence-corrected chi connectivity index (χ0v) is 9.71. The Kier molecular flexibility index (Phi) is 5.49. The molecule has 0 aliphatic heterocycles. The van der Waals surface area contributed by atoms with Crippen molar-refractivity contribution in [2.24, 2.45) is 5.92 Å². The Morgan fingerprint density at radius 1 is 1.21 bits per heavy atom. The van der Waals surface area contributed by atoms with E-state index < -0.39 is 0 Å². The molecule has 0 saturated heterocycles. The Morgan fingerprint density at radius 2 is 1.93 bits per heavy atom. The van der Waals surface area contributed by atoms with E-state index >= 15 is 0 Å². The van der Waals surface area contributed by atoms with Crippen molar-refractivity contribution in [1.82, 2.24) is 4.90 Å². The van der Waals surface area contributed by atoms with Crippen molar-refractivity contribution in [2.45, 2.75) is 51.6 Å². The van der Waals surface area contributed by atoms with Crippen molar-refractivity contribution in [3.63, 3.8) is 0 Å². The van der Waals surface area contributed by atoms with Gasteiger partial charge in [-0.15, -0.1) is 0 Å². The zero-order valence-electron chi connectivity index (χ0n) is 9.71. The summed E-state index contributed by atoms with van der Waals surface area (Å²) in [6.07, 6.45) is 7.23. The van der Waals surface area contributed by atoms with Gasteiger partial charge in [-0.05, 0) is 38.8 Å². The molecule has 0 aromatic heterocycles. The molecule has 0 bridgehead atoms. The highest BCUT2D eigenvalue weighted by atomic mass is 16.3. The first-order valence-corrected chi connectivity index (χ1v) is 6.10. The number of rotatable bonds is 4. The lowest BCUT2D eigenvalue weighted by Crippen LogP contribution is -2.32. The SMILES string of the molecule is CCCN(C)CC1CCCCCC1O. The van der Waals surface area contributed by atoms with Gasteiger partial charge < -0.3 is 10.0 Å². The molecule has 0 spiro atoms. The largest absolute Gasteiger partial charge is 0.393 e. The minimum absolute atomic E-state index is 0.0446. The number of aliphatic hydroxyl groups excluding tert-OH is 1. The molecule has 2 atom stereocenters. The zero-order chi connectivity index (χ0) is 10.4. The molecule has 0 aromatic carbocycles. The van der Waals surface area contributed by atoms with Gasteiger partial charge in [0.15, 0.2) is 0 Å². The summed E-state index contributed by atoms with van der Waals surface area (Å²) in [5.41, 5.74) is 0. The summed E-state index contributed by atoms with van der Waals surface area (Å²) in [7, 11) is 2.17. The second-order valence-corrected chi connectivity index (χ2v) is 4.73. The van der Waals surface area contributed by atoms with E-state index in [9.17, 15) is 5.11 Å². The summed E-state index contributed by atoms with van der Waals surface area (Å²) >= 11 is 0. The van der Waals surface area contributed by atoms with Gasteiger partial charge in [-0.25, -0.2) is 0 Å². The highest BCUT2D eigenvalue weighted by Gasteiger charge is 2.22. The predicted molar refractivity (Wildman–Crippen MR) is 60.4 cm³/mol. The van der Waals surface area contributed by atoms with Crippen LogP contribution in [0.25, 0.3) is 0 Å². The van der Waals surface area contributed by atoms with Crippen molar-refractivity contribution in [1.29, 1.82) is 0 Å². The second kappa shape index (κ2) is 6.41. The lowest BCUT2D eigenvalue weighted by atomic mass is 9.97. The summed E-state index contributed by atoms with van der Waals surface area (Å²) in [5.74, 6) is 0.522. The first-order valence-electron chi connectivity index (χ1n) is 6.10. The fraction of sp³-hybridized carbons (Fsp3) is 1.00. The Labute approximate surface area is 88.3 Å². The Balaban J connectivity index is 2.32. The molecule has 1 rings (SSSR count). The van der Waals surface area contributed by atoms with Crippen molar-refractivity contribution < 1.29 is 5.11 Å². The van der Waals surface area contributed by atoms with Gasteiger partial charge in [0.25, 0.3) is 0 Å².